The number of rotatable bonds is 5. The van der Waals surface area contributed by atoms with Gasteiger partial charge in [0.05, 0.1) is 6.20 Å². The van der Waals surface area contributed by atoms with Gasteiger partial charge in [-0.15, -0.1) is 0 Å². The summed E-state index contributed by atoms with van der Waals surface area (Å²) in [6, 6.07) is 9.28. The van der Waals surface area contributed by atoms with Gasteiger partial charge in [-0.1, -0.05) is 30.3 Å². The third-order valence-electron chi connectivity index (χ3n) is 3.10. The SMILES string of the molecule is Cn1cc(/C=C(/NC(=O)OC(C)(C)C)C(=O)OCc2ccccc2)cn1. The largest absolute Gasteiger partial charge is 0.456 e. The van der Waals surface area contributed by atoms with Crippen LogP contribution in [0.2, 0.25) is 0 Å². The minimum absolute atomic E-state index is 0.0248. The number of alkyl carbamates (subject to hydrolysis) is 1. The Morgan fingerprint density at radius 1 is 1.23 bits per heavy atom. The fourth-order valence-electron chi connectivity index (χ4n) is 2.04. The summed E-state index contributed by atoms with van der Waals surface area (Å²) in [5.74, 6) is -0.663. The van der Waals surface area contributed by atoms with Crippen LogP contribution in [-0.4, -0.2) is 27.4 Å². The van der Waals surface area contributed by atoms with E-state index in [9.17, 15) is 9.59 Å². The van der Waals surface area contributed by atoms with Gasteiger partial charge in [-0.05, 0) is 32.4 Å². The lowest BCUT2D eigenvalue weighted by molar-refractivity contribution is -0.140. The summed E-state index contributed by atoms with van der Waals surface area (Å²) in [6.45, 7) is 5.32. The molecule has 1 N–H and O–H groups in total. The van der Waals surface area contributed by atoms with Gasteiger partial charge in [0.2, 0.25) is 0 Å². The first-order chi connectivity index (χ1) is 12.2. The van der Waals surface area contributed by atoms with Gasteiger partial charge >= 0.3 is 12.1 Å². The van der Waals surface area contributed by atoms with E-state index in [-0.39, 0.29) is 12.3 Å². The number of nitrogens with one attached hydrogen (secondary N) is 1. The molecule has 0 aliphatic rings. The maximum atomic E-state index is 12.4. The van der Waals surface area contributed by atoms with Crippen LogP contribution in [0.1, 0.15) is 31.9 Å². The summed E-state index contributed by atoms with van der Waals surface area (Å²) in [6.07, 6.45) is 4.04. The first-order valence-electron chi connectivity index (χ1n) is 8.14. The molecule has 0 aliphatic carbocycles. The van der Waals surface area contributed by atoms with Crippen LogP contribution < -0.4 is 5.32 Å². The number of hydrogen-bond acceptors (Lipinski definition) is 5. The number of aryl methyl sites for hydroxylation is 1. The number of esters is 1. The molecule has 0 bridgehead atoms. The molecule has 1 aromatic carbocycles. The molecule has 0 radical (unpaired) electrons. The van der Waals surface area contributed by atoms with Crippen molar-refractivity contribution in [3.63, 3.8) is 0 Å². The molecule has 2 rings (SSSR count). The molecule has 0 fully saturated rings. The Morgan fingerprint density at radius 2 is 1.92 bits per heavy atom. The summed E-state index contributed by atoms with van der Waals surface area (Å²) in [5.41, 5.74) is 0.787. The van der Waals surface area contributed by atoms with Crippen LogP contribution in [0.15, 0.2) is 48.4 Å². The van der Waals surface area contributed by atoms with Gasteiger partial charge in [0, 0.05) is 18.8 Å². The molecular weight excluding hydrogens is 334 g/mol. The molecule has 0 saturated heterocycles. The van der Waals surface area contributed by atoms with Crippen LogP contribution in [0, 0.1) is 0 Å². The Morgan fingerprint density at radius 3 is 2.50 bits per heavy atom. The molecule has 1 amide bonds. The molecule has 0 atom stereocenters. The van der Waals surface area contributed by atoms with E-state index < -0.39 is 17.7 Å². The van der Waals surface area contributed by atoms with E-state index in [0.717, 1.165) is 5.56 Å². The number of nitrogens with zero attached hydrogens (tertiary/aromatic N) is 2. The van der Waals surface area contributed by atoms with Gasteiger partial charge in [0.25, 0.3) is 0 Å². The zero-order chi connectivity index (χ0) is 19.2. The van der Waals surface area contributed by atoms with Crippen LogP contribution in [-0.2, 0) is 27.9 Å². The van der Waals surface area contributed by atoms with Crippen molar-refractivity contribution in [1.29, 1.82) is 0 Å². The summed E-state index contributed by atoms with van der Waals surface area (Å²) >= 11 is 0. The van der Waals surface area contributed by atoms with E-state index in [1.807, 2.05) is 30.3 Å². The topological polar surface area (TPSA) is 82.5 Å². The lowest BCUT2D eigenvalue weighted by Gasteiger charge is -2.20. The van der Waals surface area contributed by atoms with Crippen molar-refractivity contribution in [2.24, 2.45) is 7.05 Å². The van der Waals surface area contributed by atoms with Crippen LogP contribution in [0.5, 0.6) is 0 Å². The average molecular weight is 357 g/mol. The predicted molar refractivity (Wildman–Crippen MR) is 96.8 cm³/mol. The highest BCUT2D eigenvalue weighted by Crippen LogP contribution is 2.11. The Hall–Kier alpha value is -3.09. The molecule has 0 aliphatic heterocycles. The fourth-order valence-corrected chi connectivity index (χ4v) is 2.04. The first-order valence-corrected chi connectivity index (χ1v) is 8.14. The van der Waals surface area contributed by atoms with Crippen molar-refractivity contribution in [2.75, 3.05) is 0 Å². The Kier molecular flexibility index (Phi) is 6.16. The number of ether oxygens (including phenoxy) is 2. The zero-order valence-corrected chi connectivity index (χ0v) is 15.4. The highest BCUT2D eigenvalue weighted by molar-refractivity contribution is 5.96. The summed E-state index contributed by atoms with van der Waals surface area (Å²) in [7, 11) is 1.76. The Balaban J connectivity index is 2.12. The standard InChI is InChI=1S/C19H23N3O4/c1-19(2,3)26-18(24)21-16(10-15-11-20-22(4)12-15)17(23)25-13-14-8-6-5-7-9-14/h5-12H,13H2,1-4H3,(H,21,24)/b16-10+. The quantitative estimate of drug-likeness (QED) is 0.657. The van der Waals surface area contributed by atoms with Crippen LogP contribution in [0.3, 0.4) is 0 Å². The molecule has 1 aromatic heterocycles. The van der Waals surface area contributed by atoms with Gasteiger partial charge in [0.15, 0.2) is 0 Å². The molecule has 2 aromatic rings. The molecule has 0 saturated carbocycles. The fraction of sp³-hybridized carbons (Fsp3) is 0.316. The second kappa shape index (κ2) is 8.33. The molecule has 26 heavy (non-hydrogen) atoms. The highest BCUT2D eigenvalue weighted by atomic mass is 16.6. The number of carbonyl (C=O) groups is 2. The number of carbonyl (C=O) groups excluding carboxylic acids is 2. The third kappa shape index (κ3) is 6.43. The van der Waals surface area contributed by atoms with E-state index in [1.54, 1.807) is 44.9 Å². The van der Waals surface area contributed by atoms with Crippen molar-refractivity contribution >= 4 is 18.1 Å². The maximum Gasteiger partial charge on any atom is 0.412 e. The first kappa shape index (κ1) is 19.2. The number of aromatic nitrogens is 2. The van der Waals surface area contributed by atoms with E-state index in [4.69, 9.17) is 9.47 Å². The van der Waals surface area contributed by atoms with Gasteiger partial charge in [-0.25, -0.2) is 9.59 Å². The van der Waals surface area contributed by atoms with Crippen molar-refractivity contribution in [2.45, 2.75) is 33.0 Å². The number of amides is 1. The van der Waals surface area contributed by atoms with Crippen molar-refractivity contribution < 1.29 is 19.1 Å². The Bertz CT molecular complexity index is 789. The third-order valence-corrected chi connectivity index (χ3v) is 3.10. The number of benzene rings is 1. The van der Waals surface area contributed by atoms with Crippen molar-refractivity contribution in [3.05, 3.63) is 59.5 Å². The summed E-state index contributed by atoms with van der Waals surface area (Å²) in [5, 5.41) is 6.49. The summed E-state index contributed by atoms with van der Waals surface area (Å²) < 4.78 is 12.1. The lowest BCUT2D eigenvalue weighted by Crippen LogP contribution is -2.34. The molecule has 0 unspecified atom stereocenters. The van der Waals surface area contributed by atoms with Gasteiger partial charge < -0.3 is 9.47 Å². The van der Waals surface area contributed by atoms with Gasteiger partial charge in [-0.2, -0.15) is 5.10 Å². The van der Waals surface area contributed by atoms with E-state index in [2.05, 4.69) is 10.4 Å². The van der Waals surface area contributed by atoms with E-state index >= 15 is 0 Å². The monoisotopic (exact) mass is 357 g/mol. The average Bonchev–Trinajstić information content (AvgIpc) is 2.96. The van der Waals surface area contributed by atoms with E-state index in [1.165, 1.54) is 6.08 Å². The number of hydrogen-bond donors (Lipinski definition) is 1. The smallest absolute Gasteiger partial charge is 0.412 e. The molecule has 7 nitrogen and oxygen atoms in total. The van der Waals surface area contributed by atoms with Crippen molar-refractivity contribution in [3.8, 4) is 0 Å². The van der Waals surface area contributed by atoms with Crippen LogP contribution in [0.25, 0.3) is 6.08 Å². The molecule has 1 heterocycles. The normalized spacial score (nSPS) is 11.8. The maximum absolute atomic E-state index is 12.4. The van der Waals surface area contributed by atoms with Crippen LogP contribution >= 0.6 is 0 Å². The van der Waals surface area contributed by atoms with Crippen LogP contribution in [0.4, 0.5) is 4.79 Å². The van der Waals surface area contributed by atoms with Crippen molar-refractivity contribution in [1.82, 2.24) is 15.1 Å². The van der Waals surface area contributed by atoms with E-state index in [0.29, 0.717) is 5.56 Å². The lowest BCUT2D eigenvalue weighted by atomic mass is 10.2. The minimum atomic E-state index is -0.732. The minimum Gasteiger partial charge on any atom is -0.456 e. The second-order valence-electron chi connectivity index (χ2n) is 6.69. The second-order valence-corrected chi connectivity index (χ2v) is 6.69. The predicted octanol–water partition coefficient (Wildman–Crippen LogP) is 3.03. The van der Waals surface area contributed by atoms with Gasteiger partial charge in [-0.3, -0.25) is 10.00 Å². The molecular formula is C19H23N3O4. The molecule has 138 valence electrons. The van der Waals surface area contributed by atoms with Gasteiger partial charge in [0.1, 0.15) is 17.9 Å². The highest BCUT2D eigenvalue weighted by Gasteiger charge is 2.20. The summed E-state index contributed by atoms with van der Waals surface area (Å²) in [4.78, 5) is 24.5. The zero-order valence-electron chi connectivity index (χ0n) is 15.4. The molecule has 7 heteroatoms. The Labute approximate surface area is 152 Å². The molecule has 0 spiro atoms.